The molecule has 0 bridgehead atoms. The van der Waals surface area contributed by atoms with Crippen molar-refractivity contribution in [1.82, 2.24) is 0 Å². The minimum absolute atomic E-state index is 0.143. The summed E-state index contributed by atoms with van der Waals surface area (Å²) in [6.45, 7) is 4.38. The minimum Gasteiger partial charge on any atom is -0.459 e. The van der Waals surface area contributed by atoms with E-state index in [1.54, 1.807) is 6.08 Å². The molecule has 2 rings (SSSR count). The van der Waals surface area contributed by atoms with Crippen LogP contribution in [0.3, 0.4) is 0 Å². The van der Waals surface area contributed by atoms with E-state index in [4.69, 9.17) is 4.74 Å². The number of carbonyl (C=O) groups is 1. The highest BCUT2D eigenvalue weighted by atomic mass is 16.5. The molecule has 0 aromatic rings. The van der Waals surface area contributed by atoms with Gasteiger partial charge < -0.3 is 4.74 Å². The first-order chi connectivity index (χ1) is 8.13. The van der Waals surface area contributed by atoms with Crippen molar-refractivity contribution in [3.8, 4) is 0 Å². The number of cyclic esters (lactones) is 1. The first-order valence-electron chi connectivity index (χ1n) is 7.01. The summed E-state index contributed by atoms with van der Waals surface area (Å²) in [4.78, 5) is 11.3. The summed E-state index contributed by atoms with van der Waals surface area (Å²) >= 11 is 0. The lowest BCUT2D eigenvalue weighted by atomic mass is 9.80. The highest BCUT2D eigenvalue weighted by Crippen LogP contribution is 2.32. The Morgan fingerprint density at radius 1 is 1.24 bits per heavy atom. The number of hydrogen-bond acceptors (Lipinski definition) is 2. The van der Waals surface area contributed by atoms with Gasteiger partial charge in [0.2, 0.25) is 0 Å². The topological polar surface area (TPSA) is 26.3 Å². The maximum Gasteiger partial charge on any atom is 0.330 e. The normalized spacial score (nSPS) is 34.1. The van der Waals surface area contributed by atoms with E-state index in [-0.39, 0.29) is 12.1 Å². The molecule has 0 N–H and O–H groups in total. The van der Waals surface area contributed by atoms with E-state index < -0.39 is 0 Å². The lowest BCUT2D eigenvalue weighted by molar-refractivity contribution is -0.144. The third kappa shape index (κ3) is 3.86. The van der Waals surface area contributed by atoms with E-state index in [0.29, 0.717) is 0 Å². The van der Waals surface area contributed by atoms with Crippen LogP contribution in [0.1, 0.15) is 58.8 Å². The van der Waals surface area contributed by atoms with Crippen molar-refractivity contribution in [2.75, 3.05) is 0 Å². The van der Waals surface area contributed by atoms with E-state index in [1.165, 1.54) is 37.7 Å². The Labute approximate surface area is 104 Å². The van der Waals surface area contributed by atoms with Crippen molar-refractivity contribution in [2.45, 2.75) is 64.9 Å². The fourth-order valence-electron chi connectivity index (χ4n) is 3.06. The molecule has 0 amide bonds. The van der Waals surface area contributed by atoms with Crippen molar-refractivity contribution in [2.24, 2.45) is 11.8 Å². The summed E-state index contributed by atoms with van der Waals surface area (Å²) in [6.07, 6.45) is 10.5. The summed E-state index contributed by atoms with van der Waals surface area (Å²) in [5.41, 5.74) is 1.17. The van der Waals surface area contributed by atoms with Gasteiger partial charge in [0.05, 0.1) is 0 Å². The predicted octanol–water partition coefficient (Wildman–Crippen LogP) is 3.85. The van der Waals surface area contributed by atoms with Gasteiger partial charge in [-0.15, -0.1) is 0 Å². The summed E-state index contributed by atoms with van der Waals surface area (Å²) in [5.74, 6) is 1.65. The Morgan fingerprint density at radius 2 is 1.94 bits per heavy atom. The maximum absolute atomic E-state index is 11.3. The largest absolute Gasteiger partial charge is 0.459 e. The van der Waals surface area contributed by atoms with Gasteiger partial charge >= 0.3 is 5.97 Å². The summed E-state index contributed by atoms with van der Waals surface area (Å²) in [7, 11) is 0. The molecule has 1 unspecified atom stereocenters. The molecule has 1 saturated carbocycles. The van der Waals surface area contributed by atoms with Crippen molar-refractivity contribution in [3.05, 3.63) is 11.6 Å². The fraction of sp³-hybridized carbons (Fsp3) is 0.800. The third-order valence-electron chi connectivity index (χ3n) is 4.23. The molecule has 17 heavy (non-hydrogen) atoms. The van der Waals surface area contributed by atoms with E-state index in [2.05, 4.69) is 6.92 Å². The summed E-state index contributed by atoms with van der Waals surface area (Å²) < 4.78 is 5.35. The van der Waals surface area contributed by atoms with Gasteiger partial charge in [0.1, 0.15) is 6.10 Å². The monoisotopic (exact) mass is 236 g/mol. The molecule has 1 atom stereocenters. The van der Waals surface area contributed by atoms with Crippen molar-refractivity contribution in [3.63, 3.8) is 0 Å². The Balaban J connectivity index is 1.72. The molecule has 1 heterocycles. The lowest BCUT2D eigenvalue weighted by Gasteiger charge is -2.28. The second-order valence-electron chi connectivity index (χ2n) is 5.96. The molecule has 0 aromatic carbocycles. The number of ether oxygens (including phenoxy) is 1. The first kappa shape index (κ1) is 12.7. The SMILES string of the molecule is CC1=CC(=O)OC(CCC2CCC(C)CC2)C1. The molecule has 2 aliphatic rings. The molecular weight excluding hydrogens is 212 g/mol. The van der Waals surface area contributed by atoms with Crippen LogP contribution < -0.4 is 0 Å². The fourth-order valence-corrected chi connectivity index (χ4v) is 3.06. The zero-order valence-corrected chi connectivity index (χ0v) is 11.1. The molecule has 2 nitrogen and oxygen atoms in total. The smallest absolute Gasteiger partial charge is 0.330 e. The maximum atomic E-state index is 11.3. The average molecular weight is 236 g/mol. The van der Waals surface area contributed by atoms with Gasteiger partial charge in [0, 0.05) is 12.5 Å². The van der Waals surface area contributed by atoms with Crippen LogP contribution in [0.4, 0.5) is 0 Å². The van der Waals surface area contributed by atoms with Gasteiger partial charge in [-0.3, -0.25) is 0 Å². The van der Waals surface area contributed by atoms with E-state index in [9.17, 15) is 4.79 Å². The van der Waals surface area contributed by atoms with Gasteiger partial charge in [0.15, 0.2) is 0 Å². The average Bonchev–Trinajstić information content (AvgIpc) is 2.27. The van der Waals surface area contributed by atoms with Crippen LogP contribution in [0.2, 0.25) is 0 Å². The van der Waals surface area contributed by atoms with Gasteiger partial charge in [-0.25, -0.2) is 4.79 Å². The van der Waals surface area contributed by atoms with Crippen LogP contribution in [0.15, 0.2) is 11.6 Å². The van der Waals surface area contributed by atoms with Crippen molar-refractivity contribution < 1.29 is 9.53 Å². The molecule has 96 valence electrons. The second kappa shape index (κ2) is 5.70. The molecule has 2 heteroatoms. The van der Waals surface area contributed by atoms with Crippen LogP contribution >= 0.6 is 0 Å². The summed E-state index contributed by atoms with van der Waals surface area (Å²) in [6, 6.07) is 0. The molecule has 0 spiro atoms. The summed E-state index contributed by atoms with van der Waals surface area (Å²) in [5, 5.41) is 0. The first-order valence-corrected chi connectivity index (χ1v) is 7.01. The number of hydrogen-bond donors (Lipinski definition) is 0. The zero-order valence-electron chi connectivity index (χ0n) is 11.1. The highest BCUT2D eigenvalue weighted by molar-refractivity contribution is 5.83. The Bertz CT molecular complexity index is 298. The lowest BCUT2D eigenvalue weighted by Crippen LogP contribution is -2.23. The predicted molar refractivity (Wildman–Crippen MR) is 68.6 cm³/mol. The molecule has 1 aliphatic carbocycles. The number of carbonyl (C=O) groups excluding carboxylic acids is 1. The standard InChI is InChI=1S/C15H24O2/c1-11-3-5-13(6-4-11)7-8-14-9-12(2)10-15(16)17-14/h10-11,13-14H,3-9H2,1-2H3. The Hall–Kier alpha value is -0.790. The van der Waals surface area contributed by atoms with Crippen LogP contribution in [0.5, 0.6) is 0 Å². The van der Waals surface area contributed by atoms with E-state index in [0.717, 1.165) is 24.7 Å². The second-order valence-corrected chi connectivity index (χ2v) is 5.96. The van der Waals surface area contributed by atoms with Crippen LogP contribution in [-0.4, -0.2) is 12.1 Å². The van der Waals surface area contributed by atoms with E-state index >= 15 is 0 Å². The Kier molecular flexibility index (Phi) is 4.25. The van der Waals surface area contributed by atoms with Gasteiger partial charge in [-0.2, -0.15) is 0 Å². The quantitative estimate of drug-likeness (QED) is 0.696. The van der Waals surface area contributed by atoms with Gasteiger partial charge in [0.25, 0.3) is 0 Å². The zero-order chi connectivity index (χ0) is 12.3. The molecule has 1 aliphatic heterocycles. The van der Waals surface area contributed by atoms with Crippen LogP contribution in [-0.2, 0) is 9.53 Å². The third-order valence-corrected chi connectivity index (χ3v) is 4.23. The van der Waals surface area contributed by atoms with Gasteiger partial charge in [-0.1, -0.05) is 38.2 Å². The number of rotatable bonds is 3. The van der Waals surface area contributed by atoms with Crippen LogP contribution in [0, 0.1) is 11.8 Å². The molecule has 0 radical (unpaired) electrons. The highest BCUT2D eigenvalue weighted by Gasteiger charge is 2.23. The molecular formula is C15H24O2. The Morgan fingerprint density at radius 3 is 2.59 bits per heavy atom. The molecule has 0 aromatic heterocycles. The molecule has 1 fully saturated rings. The molecule has 0 saturated heterocycles. The van der Waals surface area contributed by atoms with Gasteiger partial charge in [-0.05, 0) is 31.6 Å². The van der Waals surface area contributed by atoms with Crippen LogP contribution in [0.25, 0.3) is 0 Å². The number of esters is 1. The van der Waals surface area contributed by atoms with E-state index in [1.807, 2.05) is 6.92 Å². The minimum atomic E-state index is -0.143. The van der Waals surface area contributed by atoms with Crippen molar-refractivity contribution >= 4 is 5.97 Å². The van der Waals surface area contributed by atoms with Crippen molar-refractivity contribution in [1.29, 1.82) is 0 Å².